The number of hydrogen-bond donors (Lipinski definition) is 4. The molecule has 0 heterocycles. The number of rotatable bonds is 17. The van der Waals surface area contributed by atoms with Crippen molar-refractivity contribution in [3.05, 3.63) is 0 Å². The quantitative estimate of drug-likeness (QED) is 0.176. The number of thioether (sulfide) groups is 1. The molecule has 0 radical (unpaired) electrons. The molecule has 1 amide bonds. The molecule has 0 aliphatic rings. The number of thiol groups is 1. The van der Waals surface area contributed by atoms with E-state index in [0.717, 1.165) is 31.7 Å². The topological polar surface area (TPSA) is 81.7 Å². The van der Waals surface area contributed by atoms with Crippen LogP contribution in [0.2, 0.25) is 4.71 Å². The van der Waals surface area contributed by atoms with E-state index in [4.69, 9.17) is 0 Å². The minimum absolute atomic E-state index is 0.183. The standard InChI is InChI=1S/C20H42AsN3O3S2/c1-6-8-18(19(25)23-16(20(26)27)9-10-29-5)24(4)12-17(14(3)7-2)22-11-15(21)13-28/h14-18,22,28H,6-13,21H2,1-5H3,(H,23,25)(H,26,27)/t14?,15-,16?,17?,18?/m0/s1. The Morgan fingerprint density at radius 3 is 2.41 bits per heavy atom. The van der Waals surface area contributed by atoms with Gasteiger partial charge in [0.25, 0.3) is 0 Å². The summed E-state index contributed by atoms with van der Waals surface area (Å²) in [6, 6.07) is -0.872. The number of carboxylic acids is 1. The fourth-order valence-corrected chi connectivity index (χ4v) is 4.01. The van der Waals surface area contributed by atoms with Gasteiger partial charge in [0.05, 0.1) is 0 Å². The number of carboxylic acid groups (broad SMARTS) is 1. The molecule has 6 nitrogen and oxygen atoms in total. The second-order valence-corrected chi connectivity index (χ2v) is 11.1. The Morgan fingerprint density at radius 2 is 1.93 bits per heavy atom. The second-order valence-electron chi connectivity index (χ2n) is 7.77. The molecule has 0 fully saturated rings. The van der Waals surface area contributed by atoms with Gasteiger partial charge < -0.3 is 0 Å². The fraction of sp³-hybridized carbons (Fsp3) is 0.900. The summed E-state index contributed by atoms with van der Waals surface area (Å²) < 4.78 is 0.546. The van der Waals surface area contributed by atoms with E-state index in [1.165, 1.54) is 0 Å². The van der Waals surface area contributed by atoms with Crippen LogP contribution in [0.4, 0.5) is 0 Å². The third kappa shape index (κ3) is 11.9. The summed E-state index contributed by atoms with van der Waals surface area (Å²) in [5.74, 6) is 0.903. The number of hydrogen-bond acceptors (Lipinski definition) is 6. The molecule has 0 aromatic heterocycles. The van der Waals surface area contributed by atoms with Crippen LogP contribution in [-0.2, 0) is 9.59 Å². The van der Waals surface area contributed by atoms with Crippen molar-refractivity contribution in [2.24, 2.45) is 5.92 Å². The summed E-state index contributed by atoms with van der Waals surface area (Å²) in [6.07, 6.45) is 5.01. The average Bonchev–Trinajstić information content (AvgIpc) is 2.70. The van der Waals surface area contributed by atoms with Crippen LogP contribution in [0.15, 0.2) is 0 Å². The van der Waals surface area contributed by atoms with E-state index in [1.54, 1.807) is 28.6 Å². The Bertz CT molecular complexity index is 474. The van der Waals surface area contributed by atoms with E-state index >= 15 is 0 Å². The number of nitrogens with one attached hydrogen (secondary N) is 2. The maximum absolute atomic E-state index is 12.9. The fourth-order valence-electron chi connectivity index (χ4n) is 3.12. The molecule has 29 heavy (non-hydrogen) atoms. The molecule has 0 saturated carbocycles. The molecule has 0 aliphatic carbocycles. The van der Waals surface area contributed by atoms with Crippen molar-refractivity contribution >= 4 is 53.1 Å². The molecule has 0 aromatic carbocycles. The summed E-state index contributed by atoms with van der Waals surface area (Å²) in [4.78, 5) is 26.5. The zero-order valence-electron chi connectivity index (χ0n) is 18.7. The summed E-state index contributed by atoms with van der Waals surface area (Å²) in [5.41, 5.74) is 0. The van der Waals surface area contributed by atoms with Crippen LogP contribution in [0.3, 0.4) is 0 Å². The Morgan fingerprint density at radius 1 is 1.28 bits per heavy atom. The van der Waals surface area contributed by atoms with E-state index in [0.29, 0.717) is 29.2 Å². The Hall–Kier alpha value is 0.118. The zero-order valence-corrected chi connectivity index (χ0v) is 22.8. The first-order valence-electron chi connectivity index (χ1n) is 10.5. The van der Waals surface area contributed by atoms with Gasteiger partial charge in [0, 0.05) is 0 Å². The van der Waals surface area contributed by atoms with Crippen LogP contribution in [0.5, 0.6) is 0 Å². The SMILES string of the molecule is CCCC(C(=O)NC(CCSC)C(=O)O)N(C)CC(NC[C@H]([AsH2])CS)C(C)CC. The molecule has 0 spiro atoms. The number of nitrogens with zero attached hydrogens (tertiary/aromatic N) is 1. The first-order chi connectivity index (χ1) is 13.7. The molecule has 9 heteroatoms. The van der Waals surface area contributed by atoms with Crippen LogP contribution in [-0.4, -0.2) is 94.8 Å². The first-order valence-corrected chi connectivity index (χ1v) is 14.0. The van der Waals surface area contributed by atoms with Crippen LogP contribution in [0.25, 0.3) is 0 Å². The normalized spacial score (nSPS) is 16.8. The van der Waals surface area contributed by atoms with Crippen LogP contribution >= 0.6 is 24.4 Å². The van der Waals surface area contributed by atoms with Gasteiger partial charge in [-0.25, -0.2) is 0 Å². The van der Waals surface area contributed by atoms with Crippen molar-refractivity contribution < 1.29 is 14.7 Å². The Labute approximate surface area is 196 Å². The van der Waals surface area contributed by atoms with Gasteiger partial charge >= 0.3 is 178 Å². The summed E-state index contributed by atoms with van der Waals surface area (Å²) in [6.45, 7) is 8.15. The van der Waals surface area contributed by atoms with Crippen molar-refractivity contribution in [1.29, 1.82) is 0 Å². The average molecular weight is 512 g/mol. The van der Waals surface area contributed by atoms with E-state index in [-0.39, 0.29) is 18.0 Å². The van der Waals surface area contributed by atoms with Crippen LogP contribution in [0, 0.1) is 5.92 Å². The molecule has 0 aliphatic heterocycles. The van der Waals surface area contributed by atoms with Gasteiger partial charge in [0.15, 0.2) is 0 Å². The number of likely N-dealkylation sites (N-methyl/N-ethyl adjacent to an activating group) is 1. The van der Waals surface area contributed by atoms with Gasteiger partial charge in [-0.1, -0.05) is 0 Å². The molecule has 6 atom stereocenters. The molecule has 0 rings (SSSR count). The van der Waals surface area contributed by atoms with E-state index in [1.807, 2.05) is 13.3 Å². The van der Waals surface area contributed by atoms with Gasteiger partial charge in [0.1, 0.15) is 0 Å². The number of aliphatic carboxylic acids is 1. The summed E-state index contributed by atoms with van der Waals surface area (Å²) in [5, 5.41) is 15.9. The maximum atomic E-state index is 12.9. The summed E-state index contributed by atoms with van der Waals surface area (Å²) in [7, 11) is 1.97. The predicted molar refractivity (Wildman–Crippen MR) is 131 cm³/mol. The second kappa shape index (κ2) is 16.8. The van der Waals surface area contributed by atoms with Crippen molar-refractivity contribution in [2.45, 2.75) is 69.3 Å². The van der Waals surface area contributed by atoms with E-state index < -0.39 is 12.0 Å². The number of carbonyl (C=O) groups excluding carboxylic acids is 1. The molecule has 0 aromatic rings. The van der Waals surface area contributed by atoms with Gasteiger partial charge in [-0.15, -0.1) is 0 Å². The van der Waals surface area contributed by atoms with E-state index in [2.05, 4.69) is 48.9 Å². The van der Waals surface area contributed by atoms with Gasteiger partial charge in [0.2, 0.25) is 0 Å². The van der Waals surface area contributed by atoms with Crippen LogP contribution < -0.4 is 10.6 Å². The van der Waals surface area contributed by atoms with Crippen molar-refractivity contribution in [1.82, 2.24) is 15.5 Å². The Balaban J connectivity index is 5.14. The predicted octanol–water partition coefficient (Wildman–Crippen LogP) is 1.77. The molecule has 0 saturated heterocycles. The minimum atomic E-state index is -0.966. The molecule has 172 valence electrons. The molecular weight excluding hydrogens is 469 g/mol. The van der Waals surface area contributed by atoms with Crippen molar-refractivity contribution in [3.63, 3.8) is 0 Å². The van der Waals surface area contributed by atoms with Gasteiger partial charge in [-0.2, -0.15) is 11.8 Å². The van der Waals surface area contributed by atoms with Gasteiger partial charge in [-0.05, 0) is 6.26 Å². The third-order valence-electron chi connectivity index (χ3n) is 5.31. The van der Waals surface area contributed by atoms with E-state index in [9.17, 15) is 14.7 Å². The monoisotopic (exact) mass is 511 g/mol. The first kappa shape index (κ1) is 29.1. The van der Waals surface area contributed by atoms with Crippen LogP contribution in [0.1, 0.15) is 46.5 Å². The van der Waals surface area contributed by atoms with Crippen molar-refractivity contribution in [3.8, 4) is 0 Å². The molecular formula is C20H42AsN3O3S2. The van der Waals surface area contributed by atoms with Crippen molar-refractivity contribution in [2.75, 3.05) is 37.9 Å². The summed E-state index contributed by atoms with van der Waals surface area (Å²) >= 11 is 7.66. The molecule has 3 N–H and O–H groups in total. The zero-order chi connectivity index (χ0) is 22.4. The van der Waals surface area contributed by atoms with Gasteiger partial charge in [-0.3, -0.25) is 0 Å². The molecule has 5 unspecified atom stereocenters. The number of amides is 1. The number of carbonyl (C=O) groups is 2. The third-order valence-corrected chi connectivity index (χ3v) is 8.25. The molecule has 0 bridgehead atoms. The Kier molecular flexibility index (Phi) is 16.8.